The quantitative estimate of drug-likeness (QED) is 0.753. The number of carbonyl (C=O) groups excluding carboxylic acids is 1. The molecule has 0 spiro atoms. The first kappa shape index (κ1) is 10.5. The van der Waals surface area contributed by atoms with E-state index in [1.807, 2.05) is 0 Å². The summed E-state index contributed by atoms with van der Waals surface area (Å²) in [5.41, 5.74) is 0. The molecule has 4 heteroatoms. The van der Waals surface area contributed by atoms with Crippen molar-refractivity contribution in [1.82, 2.24) is 10.2 Å². The van der Waals surface area contributed by atoms with Crippen molar-refractivity contribution >= 4 is 5.91 Å². The number of amides is 1. The molecule has 0 aromatic carbocycles. The summed E-state index contributed by atoms with van der Waals surface area (Å²) in [4.78, 5) is 13.9. The number of nitrogens with one attached hydrogen (secondary N) is 1. The molecule has 2 aliphatic heterocycles. The fourth-order valence-electron chi connectivity index (χ4n) is 2.52. The summed E-state index contributed by atoms with van der Waals surface area (Å²) in [6, 6.07) is 1.16. The first-order valence-corrected chi connectivity index (χ1v) is 6.45. The molecule has 90 valence electrons. The Bertz CT molecular complexity index is 266. The molecule has 3 fully saturated rings. The van der Waals surface area contributed by atoms with E-state index in [0.29, 0.717) is 23.9 Å². The van der Waals surface area contributed by atoms with Crippen LogP contribution in [0.5, 0.6) is 0 Å². The number of piperidine rings is 1. The molecule has 4 nitrogen and oxygen atoms in total. The van der Waals surface area contributed by atoms with Crippen molar-refractivity contribution < 1.29 is 9.53 Å². The third-order valence-corrected chi connectivity index (χ3v) is 3.84. The highest BCUT2D eigenvalue weighted by atomic mass is 16.5. The zero-order valence-corrected chi connectivity index (χ0v) is 9.65. The molecule has 2 saturated heterocycles. The highest BCUT2D eigenvalue weighted by molar-refractivity contribution is 5.81. The first-order chi connectivity index (χ1) is 7.83. The molecule has 0 atom stereocenters. The zero-order valence-electron chi connectivity index (χ0n) is 9.65. The van der Waals surface area contributed by atoms with Crippen LogP contribution in [0, 0.1) is 5.92 Å². The van der Waals surface area contributed by atoms with Gasteiger partial charge in [0.1, 0.15) is 0 Å². The van der Waals surface area contributed by atoms with Crippen LogP contribution >= 0.6 is 0 Å². The topological polar surface area (TPSA) is 41.6 Å². The summed E-state index contributed by atoms with van der Waals surface area (Å²) < 4.78 is 5.15. The molecule has 16 heavy (non-hydrogen) atoms. The molecule has 3 rings (SSSR count). The first-order valence-electron chi connectivity index (χ1n) is 6.45. The number of rotatable bonds is 3. The average molecular weight is 224 g/mol. The number of hydrogen-bond acceptors (Lipinski definition) is 3. The van der Waals surface area contributed by atoms with Gasteiger partial charge in [-0.1, -0.05) is 0 Å². The van der Waals surface area contributed by atoms with E-state index in [1.165, 1.54) is 0 Å². The lowest BCUT2D eigenvalue weighted by atomic mass is 10.0. The molecule has 0 unspecified atom stereocenters. The Balaban J connectivity index is 1.42. The van der Waals surface area contributed by atoms with Crippen LogP contribution in [0.3, 0.4) is 0 Å². The van der Waals surface area contributed by atoms with Crippen molar-refractivity contribution in [2.24, 2.45) is 5.92 Å². The highest BCUT2D eigenvalue weighted by Gasteiger charge is 2.35. The van der Waals surface area contributed by atoms with Gasteiger partial charge in [-0.05, 0) is 25.7 Å². The smallest absolute Gasteiger partial charge is 0.225 e. The van der Waals surface area contributed by atoms with Crippen LogP contribution in [0.4, 0.5) is 0 Å². The second-order valence-corrected chi connectivity index (χ2v) is 5.27. The minimum Gasteiger partial charge on any atom is -0.378 e. The van der Waals surface area contributed by atoms with Crippen LogP contribution in [0.1, 0.15) is 25.7 Å². The predicted molar refractivity (Wildman–Crippen MR) is 60.1 cm³/mol. The maximum absolute atomic E-state index is 11.8. The van der Waals surface area contributed by atoms with Gasteiger partial charge in [0.2, 0.25) is 5.91 Å². The van der Waals surface area contributed by atoms with Crippen LogP contribution in [0.15, 0.2) is 0 Å². The summed E-state index contributed by atoms with van der Waals surface area (Å²) in [5.74, 6) is 0.787. The summed E-state index contributed by atoms with van der Waals surface area (Å²) in [6.07, 6.45) is 4.46. The number of carbonyl (C=O) groups is 1. The van der Waals surface area contributed by atoms with E-state index in [9.17, 15) is 4.79 Å². The Hall–Kier alpha value is -0.610. The number of hydrogen-bond donors (Lipinski definition) is 1. The van der Waals surface area contributed by atoms with Crippen molar-refractivity contribution in [3.63, 3.8) is 0 Å². The number of nitrogens with zero attached hydrogens (tertiary/aromatic N) is 1. The Labute approximate surface area is 96.3 Å². The molecular weight excluding hydrogens is 204 g/mol. The van der Waals surface area contributed by atoms with E-state index in [1.54, 1.807) is 0 Å². The molecule has 3 aliphatic rings. The molecule has 2 heterocycles. The minimum absolute atomic E-state index is 0.379. The maximum Gasteiger partial charge on any atom is 0.225 e. The van der Waals surface area contributed by atoms with Crippen LogP contribution in [0.2, 0.25) is 0 Å². The van der Waals surface area contributed by atoms with E-state index in [2.05, 4.69) is 10.2 Å². The largest absolute Gasteiger partial charge is 0.378 e. The third-order valence-electron chi connectivity index (χ3n) is 3.84. The summed E-state index contributed by atoms with van der Waals surface area (Å²) >= 11 is 0. The van der Waals surface area contributed by atoms with Crippen LogP contribution < -0.4 is 5.32 Å². The molecule has 0 aromatic heterocycles. The lowest BCUT2D eigenvalue weighted by molar-refractivity contribution is -0.133. The van der Waals surface area contributed by atoms with Gasteiger partial charge in [0.25, 0.3) is 0 Å². The molecule has 1 saturated carbocycles. The lowest BCUT2D eigenvalue weighted by Gasteiger charge is -2.37. The normalized spacial score (nSPS) is 27.9. The van der Waals surface area contributed by atoms with Gasteiger partial charge in [-0.3, -0.25) is 4.79 Å². The van der Waals surface area contributed by atoms with E-state index >= 15 is 0 Å². The van der Waals surface area contributed by atoms with Gasteiger partial charge >= 0.3 is 0 Å². The fourth-order valence-corrected chi connectivity index (χ4v) is 2.52. The Morgan fingerprint density at radius 3 is 2.25 bits per heavy atom. The second kappa shape index (κ2) is 4.34. The van der Waals surface area contributed by atoms with E-state index in [0.717, 1.165) is 52.0 Å². The Morgan fingerprint density at radius 1 is 1.06 bits per heavy atom. The molecule has 1 aliphatic carbocycles. The van der Waals surface area contributed by atoms with Gasteiger partial charge in [0, 0.05) is 25.0 Å². The third kappa shape index (κ3) is 2.23. The van der Waals surface area contributed by atoms with Crippen molar-refractivity contribution in [3.05, 3.63) is 0 Å². The molecule has 0 radical (unpaired) electrons. The van der Waals surface area contributed by atoms with Gasteiger partial charge in [0.15, 0.2) is 0 Å². The molecule has 1 amide bonds. The van der Waals surface area contributed by atoms with Gasteiger partial charge in [-0.25, -0.2) is 0 Å². The monoisotopic (exact) mass is 224 g/mol. The predicted octanol–water partition coefficient (Wildman–Crippen LogP) is 0.376. The van der Waals surface area contributed by atoms with E-state index in [4.69, 9.17) is 4.74 Å². The Kier molecular flexibility index (Phi) is 2.86. The SMILES string of the molecule is O=C(C1CC1)N1CCC(NC2COC2)CC1. The Morgan fingerprint density at radius 2 is 1.75 bits per heavy atom. The van der Waals surface area contributed by atoms with Crippen molar-refractivity contribution in [2.45, 2.75) is 37.8 Å². The van der Waals surface area contributed by atoms with Gasteiger partial charge in [-0.15, -0.1) is 0 Å². The van der Waals surface area contributed by atoms with Crippen molar-refractivity contribution in [2.75, 3.05) is 26.3 Å². The molecule has 1 N–H and O–H groups in total. The van der Waals surface area contributed by atoms with Crippen molar-refractivity contribution in [1.29, 1.82) is 0 Å². The molecule has 0 bridgehead atoms. The van der Waals surface area contributed by atoms with Crippen LogP contribution in [0.25, 0.3) is 0 Å². The van der Waals surface area contributed by atoms with Crippen LogP contribution in [-0.2, 0) is 9.53 Å². The van der Waals surface area contributed by atoms with Gasteiger partial charge in [0.05, 0.1) is 19.3 Å². The van der Waals surface area contributed by atoms with Crippen molar-refractivity contribution in [3.8, 4) is 0 Å². The fraction of sp³-hybridized carbons (Fsp3) is 0.917. The van der Waals surface area contributed by atoms with Crippen LogP contribution in [-0.4, -0.2) is 49.2 Å². The molecular formula is C12H20N2O2. The average Bonchev–Trinajstić information content (AvgIpc) is 3.07. The molecule has 0 aromatic rings. The zero-order chi connectivity index (χ0) is 11.0. The minimum atomic E-state index is 0.379. The maximum atomic E-state index is 11.8. The number of ether oxygens (including phenoxy) is 1. The van der Waals surface area contributed by atoms with Gasteiger partial charge < -0.3 is 15.0 Å². The number of likely N-dealkylation sites (tertiary alicyclic amines) is 1. The summed E-state index contributed by atoms with van der Waals surface area (Å²) in [6.45, 7) is 3.61. The van der Waals surface area contributed by atoms with E-state index in [-0.39, 0.29) is 0 Å². The standard InChI is InChI=1S/C12H20N2O2/c15-12(9-1-2-9)14-5-3-10(4-6-14)13-11-7-16-8-11/h9-11,13H,1-8H2. The summed E-state index contributed by atoms with van der Waals surface area (Å²) in [7, 11) is 0. The second-order valence-electron chi connectivity index (χ2n) is 5.27. The summed E-state index contributed by atoms with van der Waals surface area (Å²) in [5, 5.41) is 3.60. The highest BCUT2D eigenvalue weighted by Crippen LogP contribution is 2.31. The van der Waals surface area contributed by atoms with Gasteiger partial charge in [-0.2, -0.15) is 0 Å². The van der Waals surface area contributed by atoms with E-state index < -0.39 is 0 Å². The lowest BCUT2D eigenvalue weighted by Crippen LogP contribution is -2.54.